The highest BCUT2D eigenvalue weighted by Crippen LogP contribution is 2.49. The smallest absolute Gasteiger partial charge is 0.274 e. The summed E-state index contributed by atoms with van der Waals surface area (Å²) in [6.07, 6.45) is 5.83. The molecule has 9 heteroatoms. The van der Waals surface area contributed by atoms with E-state index in [4.69, 9.17) is 18.2 Å². The SMILES string of the molecule is [C-]#[N+]C1(c2cc(Nc3nc(N[C@H](C)C4CC4)nc(-c4cccc(Cl)n4)n3)ccn2)CC1. The molecule has 3 aromatic rings. The van der Waals surface area contributed by atoms with Gasteiger partial charge >= 0.3 is 0 Å². The predicted molar refractivity (Wildman–Crippen MR) is 119 cm³/mol. The van der Waals surface area contributed by atoms with Gasteiger partial charge in [0.15, 0.2) is 5.82 Å². The lowest BCUT2D eigenvalue weighted by molar-refractivity contribution is 0.685. The van der Waals surface area contributed by atoms with Crippen LogP contribution in [0.3, 0.4) is 0 Å². The lowest BCUT2D eigenvalue weighted by Gasteiger charge is -2.15. The highest BCUT2D eigenvalue weighted by atomic mass is 35.5. The summed E-state index contributed by atoms with van der Waals surface area (Å²) in [5, 5.41) is 7.02. The second-order valence-electron chi connectivity index (χ2n) is 8.12. The fourth-order valence-electron chi connectivity index (χ4n) is 3.50. The Morgan fingerprint density at radius 3 is 2.65 bits per heavy atom. The van der Waals surface area contributed by atoms with Gasteiger partial charge in [-0.2, -0.15) is 15.0 Å². The zero-order chi connectivity index (χ0) is 21.4. The number of rotatable bonds is 7. The van der Waals surface area contributed by atoms with Crippen LogP contribution in [0.15, 0.2) is 36.5 Å². The quantitative estimate of drug-likeness (QED) is 0.407. The van der Waals surface area contributed by atoms with Crippen LogP contribution >= 0.6 is 11.6 Å². The molecule has 1 atom stereocenters. The maximum atomic E-state index is 7.48. The summed E-state index contributed by atoms with van der Waals surface area (Å²) in [5.41, 5.74) is 1.65. The van der Waals surface area contributed by atoms with Gasteiger partial charge in [-0.3, -0.25) is 4.98 Å². The first-order chi connectivity index (χ1) is 15.0. The molecule has 8 nitrogen and oxygen atoms in total. The van der Waals surface area contributed by atoms with Gasteiger partial charge in [-0.25, -0.2) is 11.6 Å². The van der Waals surface area contributed by atoms with Crippen LogP contribution in [0.25, 0.3) is 16.4 Å². The third-order valence-corrected chi connectivity index (χ3v) is 5.91. The summed E-state index contributed by atoms with van der Waals surface area (Å²) in [6, 6.07) is 9.35. The Morgan fingerprint density at radius 1 is 1.13 bits per heavy atom. The number of halogens is 1. The van der Waals surface area contributed by atoms with E-state index in [2.05, 4.69) is 47.3 Å². The molecule has 0 bridgehead atoms. The standard InChI is InChI=1S/C22H21ClN8/c1-13(14-6-7-14)26-20-29-19(16-4-3-5-18(23)28-16)30-21(31-20)27-15-8-11-25-17(12-15)22(24-2)9-10-22/h3-5,8,11-14H,6-7,9-10H2,1H3,(H2,25,26,27,29,30,31)/t13-/m1/s1. The zero-order valence-electron chi connectivity index (χ0n) is 17.0. The average molecular weight is 433 g/mol. The van der Waals surface area contributed by atoms with Crippen LogP contribution in [-0.4, -0.2) is 31.0 Å². The summed E-state index contributed by atoms with van der Waals surface area (Å²) in [4.78, 5) is 26.2. The van der Waals surface area contributed by atoms with Gasteiger partial charge < -0.3 is 15.5 Å². The van der Waals surface area contributed by atoms with E-state index in [1.807, 2.05) is 24.3 Å². The van der Waals surface area contributed by atoms with Gasteiger partial charge in [-0.15, -0.1) is 0 Å². The van der Waals surface area contributed by atoms with Crippen molar-refractivity contribution in [3.05, 3.63) is 58.8 Å². The van der Waals surface area contributed by atoms with E-state index in [0.29, 0.717) is 34.5 Å². The van der Waals surface area contributed by atoms with Crippen molar-refractivity contribution in [3.8, 4) is 11.5 Å². The van der Waals surface area contributed by atoms with Crippen LogP contribution in [0, 0.1) is 12.5 Å². The van der Waals surface area contributed by atoms with Gasteiger partial charge in [-0.05, 0) is 49.9 Å². The van der Waals surface area contributed by atoms with Gasteiger partial charge in [0, 0.05) is 30.8 Å². The minimum Gasteiger partial charge on any atom is -0.351 e. The normalized spacial score (nSPS) is 17.5. The van der Waals surface area contributed by atoms with E-state index < -0.39 is 5.54 Å². The predicted octanol–water partition coefficient (Wildman–Crippen LogP) is 4.84. The van der Waals surface area contributed by atoms with Crippen molar-refractivity contribution >= 4 is 29.2 Å². The monoisotopic (exact) mass is 432 g/mol. The molecule has 0 aliphatic heterocycles. The molecule has 2 saturated carbocycles. The van der Waals surface area contributed by atoms with Crippen LogP contribution in [0.2, 0.25) is 5.15 Å². The average Bonchev–Trinajstić information content (AvgIpc) is 3.68. The Balaban J connectivity index is 1.48. The Bertz CT molecular complexity index is 1170. The van der Waals surface area contributed by atoms with Gasteiger partial charge in [0.25, 0.3) is 5.54 Å². The van der Waals surface area contributed by atoms with Gasteiger partial charge in [0.1, 0.15) is 16.5 Å². The molecule has 0 aromatic carbocycles. The van der Waals surface area contributed by atoms with Crippen LogP contribution in [0.4, 0.5) is 17.6 Å². The summed E-state index contributed by atoms with van der Waals surface area (Å²) in [7, 11) is 0. The molecule has 156 valence electrons. The zero-order valence-corrected chi connectivity index (χ0v) is 17.8. The maximum Gasteiger partial charge on any atom is 0.274 e. The molecule has 31 heavy (non-hydrogen) atoms. The van der Waals surface area contributed by atoms with Crippen LogP contribution in [0.5, 0.6) is 0 Å². The molecule has 0 unspecified atom stereocenters. The second kappa shape index (κ2) is 7.75. The number of anilines is 3. The molecule has 3 aromatic heterocycles. The minimum atomic E-state index is -0.473. The second-order valence-corrected chi connectivity index (χ2v) is 8.51. The number of hydrogen-bond acceptors (Lipinski definition) is 7. The lowest BCUT2D eigenvalue weighted by Crippen LogP contribution is -2.20. The van der Waals surface area contributed by atoms with Gasteiger partial charge in [0.05, 0.1) is 0 Å². The van der Waals surface area contributed by atoms with E-state index in [9.17, 15) is 0 Å². The van der Waals surface area contributed by atoms with Crippen molar-refractivity contribution in [3.63, 3.8) is 0 Å². The third kappa shape index (κ3) is 4.28. The largest absolute Gasteiger partial charge is 0.351 e. The van der Waals surface area contributed by atoms with Gasteiger partial charge in [0.2, 0.25) is 11.9 Å². The molecule has 0 saturated heterocycles. The molecule has 3 heterocycles. The summed E-state index contributed by atoms with van der Waals surface area (Å²) < 4.78 is 0. The first-order valence-electron chi connectivity index (χ1n) is 10.3. The Labute approximate surface area is 185 Å². The van der Waals surface area contributed by atoms with Crippen LogP contribution in [-0.2, 0) is 5.54 Å². The molecular formula is C22H21ClN8. The van der Waals surface area contributed by atoms with E-state index >= 15 is 0 Å². The summed E-state index contributed by atoms with van der Waals surface area (Å²) in [6.45, 7) is 9.62. The Hall–Kier alpha value is -3.31. The van der Waals surface area contributed by atoms with Crippen molar-refractivity contribution in [2.75, 3.05) is 10.6 Å². The first kappa shape index (κ1) is 19.6. The number of nitrogens with zero attached hydrogens (tertiary/aromatic N) is 6. The lowest BCUT2D eigenvalue weighted by atomic mass is 10.1. The summed E-state index contributed by atoms with van der Waals surface area (Å²) >= 11 is 6.07. The third-order valence-electron chi connectivity index (χ3n) is 5.70. The van der Waals surface area contributed by atoms with Gasteiger partial charge in [-0.1, -0.05) is 17.7 Å². The summed E-state index contributed by atoms with van der Waals surface area (Å²) in [5.74, 6) is 1.96. The highest BCUT2D eigenvalue weighted by Gasteiger charge is 2.54. The molecule has 2 aliphatic carbocycles. The van der Waals surface area contributed by atoms with Crippen molar-refractivity contribution in [1.82, 2.24) is 24.9 Å². The molecule has 0 radical (unpaired) electrons. The number of pyridine rings is 2. The minimum absolute atomic E-state index is 0.274. The maximum absolute atomic E-state index is 7.48. The Morgan fingerprint density at radius 2 is 1.94 bits per heavy atom. The topological polar surface area (TPSA) is 92.9 Å². The van der Waals surface area contributed by atoms with Crippen LogP contribution < -0.4 is 10.6 Å². The molecular weight excluding hydrogens is 412 g/mol. The van der Waals surface area contributed by atoms with Crippen molar-refractivity contribution < 1.29 is 0 Å². The van der Waals surface area contributed by atoms with Crippen molar-refractivity contribution in [2.24, 2.45) is 5.92 Å². The molecule has 0 spiro atoms. The molecule has 5 rings (SSSR count). The van der Waals surface area contributed by atoms with E-state index in [0.717, 1.165) is 24.2 Å². The fourth-order valence-corrected chi connectivity index (χ4v) is 3.66. The number of aromatic nitrogens is 5. The fraction of sp³-hybridized carbons (Fsp3) is 0.364. The van der Waals surface area contributed by atoms with Crippen LogP contribution in [0.1, 0.15) is 38.3 Å². The molecule has 2 fully saturated rings. The van der Waals surface area contributed by atoms with Crippen molar-refractivity contribution in [2.45, 2.75) is 44.2 Å². The molecule has 0 amide bonds. The highest BCUT2D eigenvalue weighted by molar-refractivity contribution is 6.29. The molecule has 2 aliphatic rings. The number of hydrogen-bond donors (Lipinski definition) is 2. The first-order valence-corrected chi connectivity index (χ1v) is 10.7. The Kier molecular flexibility index (Phi) is 4.91. The number of nitrogens with one attached hydrogen (secondary N) is 2. The van der Waals surface area contributed by atoms with E-state index in [-0.39, 0.29) is 6.04 Å². The van der Waals surface area contributed by atoms with E-state index in [1.54, 1.807) is 12.3 Å². The van der Waals surface area contributed by atoms with E-state index in [1.165, 1.54) is 12.8 Å². The molecule has 2 N–H and O–H groups in total. The van der Waals surface area contributed by atoms with Crippen molar-refractivity contribution in [1.29, 1.82) is 0 Å².